The molecule has 0 radical (unpaired) electrons. The standard InChI is InChI=1S/C10H8O5S/c1-14-9(12)7(11)5-3-2-4-6-8(5)16-10(13)15-6/h2-4,7,11H,1H3. The third-order valence-corrected chi connectivity index (χ3v) is 3.00. The van der Waals surface area contributed by atoms with E-state index >= 15 is 0 Å². The largest absolute Gasteiger partial charge is 0.467 e. The molecule has 2 aromatic rings. The quantitative estimate of drug-likeness (QED) is 0.794. The highest BCUT2D eigenvalue weighted by atomic mass is 32.1. The van der Waals surface area contributed by atoms with Gasteiger partial charge in [0.1, 0.15) is 5.58 Å². The van der Waals surface area contributed by atoms with Gasteiger partial charge in [-0.2, -0.15) is 0 Å². The number of rotatable bonds is 2. The van der Waals surface area contributed by atoms with Crippen molar-refractivity contribution in [2.45, 2.75) is 6.10 Å². The fourth-order valence-electron chi connectivity index (χ4n) is 1.37. The lowest BCUT2D eigenvalue weighted by Crippen LogP contribution is -2.13. The highest BCUT2D eigenvalue weighted by Crippen LogP contribution is 2.27. The molecular weight excluding hydrogens is 232 g/mol. The van der Waals surface area contributed by atoms with Crippen molar-refractivity contribution in [3.8, 4) is 0 Å². The van der Waals surface area contributed by atoms with E-state index in [0.29, 0.717) is 15.8 Å². The maximum atomic E-state index is 11.2. The Morgan fingerprint density at radius 1 is 1.56 bits per heavy atom. The zero-order valence-corrected chi connectivity index (χ0v) is 9.11. The molecule has 0 fully saturated rings. The number of ether oxygens (including phenoxy) is 1. The van der Waals surface area contributed by atoms with E-state index < -0.39 is 17.0 Å². The molecule has 1 atom stereocenters. The molecule has 5 nitrogen and oxygen atoms in total. The predicted octanol–water partition coefficient (Wildman–Crippen LogP) is 1.06. The fraction of sp³-hybridized carbons (Fsp3) is 0.200. The van der Waals surface area contributed by atoms with Crippen LogP contribution in [0.3, 0.4) is 0 Å². The topological polar surface area (TPSA) is 76.7 Å². The Labute approximate surface area is 93.9 Å². The molecule has 1 aromatic heterocycles. The number of esters is 1. The SMILES string of the molecule is COC(=O)C(O)c1cccc2oc(=O)sc12. The van der Waals surface area contributed by atoms with Crippen LogP contribution in [0.25, 0.3) is 10.3 Å². The Hall–Kier alpha value is -1.66. The Morgan fingerprint density at radius 3 is 3.00 bits per heavy atom. The van der Waals surface area contributed by atoms with Gasteiger partial charge in [0.25, 0.3) is 0 Å². The molecule has 1 aromatic carbocycles. The molecule has 0 amide bonds. The van der Waals surface area contributed by atoms with Gasteiger partial charge in [-0.1, -0.05) is 23.5 Å². The number of fused-ring (bicyclic) bond motifs is 1. The molecule has 0 saturated carbocycles. The number of methoxy groups -OCH3 is 1. The van der Waals surface area contributed by atoms with Crippen molar-refractivity contribution >= 4 is 27.6 Å². The second kappa shape index (κ2) is 4.07. The summed E-state index contributed by atoms with van der Waals surface area (Å²) in [6.07, 6.45) is -1.40. The Bertz CT molecular complexity index is 582. The molecule has 0 aliphatic carbocycles. The molecule has 0 aliphatic rings. The summed E-state index contributed by atoms with van der Waals surface area (Å²) >= 11 is 0.845. The third kappa shape index (κ3) is 1.72. The molecule has 0 aliphatic heterocycles. The second-order valence-corrected chi connectivity index (χ2v) is 4.00. The number of aliphatic hydroxyl groups is 1. The summed E-state index contributed by atoms with van der Waals surface area (Å²) in [6, 6.07) is 4.75. The van der Waals surface area contributed by atoms with Crippen LogP contribution in [0.15, 0.2) is 27.4 Å². The third-order valence-electron chi connectivity index (χ3n) is 2.11. The summed E-state index contributed by atoms with van der Waals surface area (Å²) < 4.78 is 9.76. The lowest BCUT2D eigenvalue weighted by molar-refractivity contribution is -0.150. The number of aliphatic hydroxyl groups excluding tert-OH is 1. The van der Waals surface area contributed by atoms with Gasteiger partial charge in [-0.3, -0.25) is 0 Å². The minimum Gasteiger partial charge on any atom is -0.467 e. The molecule has 6 heteroatoms. The summed E-state index contributed by atoms with van der Waals surface area (Å²) in [7, 11) is 1.18. The second-order valence-electron chi connectivity index (χ2n) is 3.05. The van der Waals surface area contributed by atoms with Gasteiger partial charge in [-0.15, -0.1) is 0 Å². The lowest BCUT2D eigenvalue weighted by atomic mass is 10.1. The van der Waals surface area contributed by atoms with Gasteiger partial charge in [0.15, 0.2) is 6.10 Å². The van der Waals surface area contributed by atoms with E-state index in [1.807, 2.05) is 0 Å². The molecule has 0 bridgehead atoms. The molecular formula is C10H8O5S. The fourth-order valence-corrected chi connectivity index (χ4v) is 2.18. The van der Waals surface area contributed by atoms with E-state index in [4.69, 9.17) is 4.42 Å². The van der Waals surface area contributed by atoms with E-state index in [-0.39, 0.29) is 0 Å². The van der Waals surface area contributed by atoms with Crippen LogP contribution in [-0.2, 0) is 9.53 Å². The molecule has 16 heavy (non-hydrogen) atoms. The Kier molecular flexibility index (Phi) is 2.76. The molecule has 0 saturated heterocycles. The minimum atomic E-state index is -1.40. The first-order chi connectivity index (χ1) is 7.63. The van der Waals surface area contributed by atoms with E-state index in [1.165, 1.54) is 7.11 Å². The van der Waals surface area contributed by atoms with Crippen LogP contribution >= 0.6 is 11.3 Å². The summed E-state index contributed by atoms with van der Waals surface area (Å²) in [4.78, 5) is 21.8. The summed E-state index contributed by atoms with van der Waals surface area (Å²) in [5.41, 5.74) is 0.677. The van der Waals surface area contributed by atoms with Gasteiger partial charge in [-0.05, 0) is 6.07 Å². The Morgan fingerprint density at radius 2 is 2.31 bits per heavy atom. The van der Waals surface area contributed by atoms with Gasteiger partial charge in [-0.25, -0.2) is 9.59 Å². The molecule has 0 spiro atoms. The van der Waals surface area contributed by atoms with Gasteiger partial charge in [0.2, 0.25) is 0 Å². The van der Waals surface area contributed by atoms with Gasteiger partial charge >= 0.3 is 10.9 Å². The number of hydrogen-bond acceptors (Lipinski definition) is 6. The van der Waals surface area contributed by atoms with Crippen molar-refractivity contribution in [2.75, 3.05) is 7.11 Å². The van der Waals surface area contributed by atoms with Crippen molar-refractivity contribution in [1.29, 1.82) is 0 Å². The highest BCUT2D eigenvalue weighted by Gasteiger charge is 2.21. The molecule has 1 N–H and O–H groups in total. The first-order valence-electron chi connectivity index (χ1n) is 4.42. The summed E-state index contributed by atoms with van der Waals surface area (Å²) in [6.45, 7) is 0. The Balaban J connectivity index is 2.59. The van der Waals surface area contributed by atoms with Gasteiger partial charge < -0.3 is 14.3 Å². The smallest absolute Gasteiger partial charge is 0.396 e. The van der Waals surface area contributed by atoms with E-state index in [0.717, 1.165) is 11.3 Å². The number of carbonyl (C=O) groups excluding carboxylic acids is 1. The average Bonchev–Trinajstić information content (AvgIpc) is 2.66. The van der Waals surface area contributed by atoms with Gasteiger partial charge in [0.05, 0.1) is 11.8 Å². The van der Waals surface area contributed by atoms with Crippen LogP contribution in [0.1, 0.15) is 11.7 Å². The van der Waals surface area contributed by atoms with Crippen LogP contribution in [0, 0.1) is 0 Å². The van der Waals surface area contributed by atoms with Crippen LogP contribution in [0.5, 0.6) is 0 Å². The van der Waals surface area contributed by atoms with Crippen molar-refractivity contribution < 1.29 is 19.1 Å². The zero-order valence-electron chi connectivity index (χ0n) is 8.30. The maximum Gasteiger partial charge on any atom is 0.396 e. The lowest BCUT2D eigenvalue weighted by Gasteiger charge is -2.08. The van der Waals surface area contributed by atoms with E-state index in [1.54, 1.807) is 18.2 Å². The van der Waals surface area contributed by atoms with E-state index in [2.05, 4.69) is 4.74 Å². The van der Waals surface area contributed by atoms with Crippen LogP contribution < -0.4 is 4.94 Å². The average molecular weight is 240 g/mol. The zero-order chi connectivity index (χ0) is 11.7. The molecule has 84 valence electrons. The number of carbonyl (C=O) groups is 1. The van der Waals surface area contributed by atoms with Gasteiger partial charge in [0, 0.05) is 5.56 Å². The normalized spacial score (nSPS) is 12.6. The van der Waals surface area contributed by atoms with Crippen LogP contribution in [-0.4, -0.2) is 18.2 Å². The first kappa shape index (κ1) is 10.8. The predicted molar refractivity (Wildman–Crippen MR) is 57.3 cm³/mol. The monoisotopic (exact) mass is 240 g/mol. The number of benzene rings is 1. The van der Waals surface area contributed by atoms with Crippen molar-refractivity contribution in [1.82, 2.24) is 0 Å². The van der Waals surface area contributed by atoms with Crippen molar-refractivity contribution in [2.24, 2.45) is 0 Å². The van der Waals surface area contributed by atoms with Crippen molar-refractivity contribution in [3.05, 3.63) is 33.5 Å². The van der Waals surface area contributed by atoms with Crippen molar-refractivity contribution in [3.63, 3.8) is 0 Å². The van der Waals surface area contributed by atoms with E-state index in [9.17, 15) is 14.7 Å². The maximum absolute atomic E-state index is 11.2. The minimum absolute atomic E-state index is 0.320. The van der Waals surface area contributed by atoms with Crippen LogP contribution in [0.2, 0.25) is 0 Å². The summed E-state index contributed by atoms with van der Waals surface area (Å²) in [5.74, 6) is -0.770. The molecule has 1 heterocycles. The first-order valence-corrected chi connectivity index (χ1v) is 5.23. The molecule has 1 unspecified atom stereocenters. The highest BCUT2D eigenvalue weighted by molar-refractivity contribution is 7.16. The van der Waals surface area contributed by atoms with Crippen LogP contribution in [0.4, 0.5) is 0 Å². The number of hydrogen-bond donors (Lipinski definition) is 1. The summed E-state index contributed by atoms with van der Waals surface area (Å²) in [5, 5.41) is 9.68. The molecule has 2 rings (SSSR count).